The molecule has 6 N–H and O–H groups in total. The van der Waals surface area contributed by atoms with Crippen molar-refractivity contribution in [3.05, 3.63) is 107 Å². The van der Waals surface area contributed by atoms with Gasteiger partial charge in [0.05, 0.1) is 0 Å². The first-order valence-corrected chi connectivity index (χ1v) is 11.0. The minimum atomic E-state index is -0.375. The summed E-state index contributed by atoms with van der Waals surface area (Å²) in [5, 5.41) is 61.4. The Morgan fingerprint density at radius 2 is 1.09 bits per heavy atom. The largest absolute Gasteiger partial charge is 0.508 e. The average Bonchev–Trinajstić information content (AvgIpc) is 3.09. The fraction of sp³-hybridized carbons (Fsp3) is 0.143. The number of rotatable bonds is 4. The van der Waals surface area contributed by atoms with Crippen molar-refractivity contribution in [2.75, 3.05) is 0 Å². The van der Waals surface area contributed by atoms with Gasteiger partial charge in [-0.15, -0.1) is 0 Å². The molecule has 5 rings (SSSR count). The lowest BCUT2D eigenvalue weighted by atomic mass is 9.76. The zero-order chi connectivity index (χ0) is 24.0. The second kappa shape index (κ2) is 8.23. The van der Waals surface area contributed by atoms with Gasteiger partial charge in [0.25, 0.3) is 0 Å². The Labute approximate surface area is 196 Å². The van der Waals surface area contributed by atoms with Crippen molar-refractivity contribution < 1.29 is 30.6 Å². The van der Waals surface area contributed by atoms with Crippen LogP contribution in [0.3, 0.4) is 0 Å². The topological polar surface area (TPSA) is 121 Å². The number of benzene rings is 4. The molecule has 34 heavy (non-hydrogen) atoms. The fourth-order valence-electron chi connectivity index (χ4n) is 5.31. The number of hydrogen-bond donors (Lipinski definition) is 6. The molecule has 0 amide bonds. The molecule has 6 nitrogen and oxygen atoms in total. The molecule has 0 spiro atoms. The summed E-state index contributed by atoms with van der Waals surface area (Å²) in [4.78, 5) is 0. The molecule has 0 bridgehead atoms. The van der Waals surface area contributed by atoms with Gasteiger partial charge in [0.1, 0.15) is 34.5 Å². The van der Waals surface area contributed by atoms with Crippen LogP contribution in [0.25, 0.3) is 0 Å². The van der Waals surface area contributed by atoms with Crippen molar-refractivity contribution in [3.8, 4) is 34.5 Å². The second-order valence-corrected chi connectivity index (χ2v) is 8.82. The van der Waals surface area contributed by atoms with Crippen LogP contribution in [-0.4, -0.2) is 30.6 Å². The third-order valence-electron chi connectivity index (χ3n) is 6.63. The smallest absolute Gasteiger partial charge is 0.123 e. The molecule has 6 heteroatoms. The van der Waals surface area contributed by atoms with E-state index >= 15 is 0 Å². The summed E-state index contributed by atoms with van der Waals surface area (Å²) < 4.78 is 0. The van der Waals surface area contributed by atoms with Gasteiger partial charge >= 0.3 is 0 Å². The van der Waals surface area contributed by atoms with Gasteiger partial charge < -0.3 is 30.6 Å². The van der Waals surface area contributed by atoms with Crippen molar-refractivity contribution in [2.45, 2.75) is 24.2 Å². The first kappa shape index (κ1) is 21.5. The summed E-state index contributed by atoms with van der Waals surface area (Å²) in [7, 11) is 0. The minimum absolute atomic E-state index is 0.0457. The summed E-state index contributed by atoms with van der Waals surface area (Å²) in [5.74, 6) is -0.925. The van der Waals surface area contributed by atoms with Gasteiger partial charge in [-0.25, -0.2) is 0 Å². The predicted octanol–water partition coefficient (Wildman–Crippen LogP) is 5.18. The van der Waals surface area contributed by atoms with Crippen LogP contribution in [-0.2, 0) is 6.42 Å². The van der Waals surface area contributed by atoms with Crippen LogP contribution in [0.5, 0.6) is 34.5 Å². The lowest BCUT2D eigenvalue weighted by molar-refractivity contribution is 0.442. The van der Waals surface area contributed by atoms with Gasteiger partial charge in [-0.2, -0.15) is 0 Å². The van der Waals surface area contributed by atoms with Crippen LogP contribution in [0.2, 0.25) is 0 Å². The van der Waals surface area contributed by atoms with E-state index in [0.29, 0.717) is 17.5 Å². The van der Waals surface area contributed by atoms with E-state index in [0.717, 1.165) is 16.7 Å². The zero-order valence-corrected chi connectivity index (χ0v) is 18.1. The second-order valence-electron chi connectivity index (χ2n) is 8.82. The van der Waals surface area contributed by atoms with E-state index in [-0.39, 0.29) is 52.3 Å². The van der Waals surface area contributed by atoms with Gasteiger partial charge in [0, 0.05) is 29.5 Å². The van der Waals surface area contributed by atoms with E-state index in [2.05, 4.69) is 0 Å². The maximum absolute atomic E-state index is 11.0. The van der Waals surface area contributed by atoms with Gasteiger partial charge in [0.2, 0.25) is 0 Å². The normalized spacial score (nSPS) is 19.1. The van der Waals surface area contributed by atoms with Gasteiger partial charge in [-0.05, 0) is 77.1 Å². The fourth-order valence-corrected chi connectivity index (χ4v) is 5.31. The molecule has 172 valence electrons. The Morgan fingerprint density at radius 3 is 1.71 bits per heavy atom. The van der Waals surface area contributed by atoms with Crippen LogP contribution in [0, 0.1) is 0 Å². The van der Waals surface area contributed by atoms with Gasteiger partial charge in [-0.3, -0.25) is 0 Å². The molecular formula is C28H24O6. The summed E-state index contributed by atoms with van der Waals surface area (Å²) >= 11 is 0. The van der Waals surface area contributed by atoms with Crippen LogP contribution in [0.1, 0.15) is 45.6 Å². The molecule has 0 saturated carbocycles. The minimum Gasteiger partial charge on any atom is -0.508 e. The number of phenols is 6. The molecule has 0 saturated heterocycles. The Hall–Kier alpha value is -4.32. The zero-order valence-electron chi connectivity index (χ0n) is 18.1. The molecule has 1 aliphatic carbocycles. The maximum atomic E-state index is 11.0. The Balaban J connectivity index is 1.75. The third-order valence-corrected chi connectivity index (χ3v) is 6.63. The van der Waals surface area contributed by atoms with Crippen LogP contribution >= 0.6 is 0 Å². The molecule has 1 aliphatic rings. The standard InChI is InChI=1S/C28H24O6/c29-18-5-1-15(2-6-18)9-23-24-13-22(33)14-25(34)28(24)27(16-3-7-19(30)8-4-16)26(23)17-10-20(31)12-21(32)11-17/h1-8,10-14,23,26-27,29-34H,9H2/t23?,26?,27-/m0/s1. The van der Waals surface area contributed by atoms with Crippen molar-refractivity contribution in [1.82, 2.24) is 0 Å². The molecule has 0 radical (unpaired) electrons. The summed E-state index contributed by atoms with van der Waals surface area (Å²) in [6, 6.07) is 21.0. The molecule has 4 aromatic rings. The van der Waals surface area contributed by atoms with E-state index in [9.17, 15) is 30.6 Å². The Bertz CT molecular complexity index is 1320. The summed E-state index contributed by atoms with van der Waals surface area (Å²) in [5.41, 5.74) is 3.87. The van der Waals surface area contributed by atoms with Crippen LogP contribution in [0.15, 0.2) is 78.9 Å². The highest BCUT2D eigenvalue weighted by Gasteiger charge is 2.44. The highest BCUT2D eigenvalue weighted by atomic mass is 16.3. The monoisotopic (exact) mass is 456 g/mol. The third kappa shape index (κ3) is 3.83. The quantitative estimate of drug-likeness (QED) is 0.252. The van der Waals surface area contributed by atoms with Crippen molar-refractivity contribution in [3.63, 3.8) is 0 Å². The molecule has 0 heterocycles. The molecule has 3 atom stereocenters. The maximum Gasteiger partial charge on any atom is 0.123 e. The van der Waals surface area contributed by atoms with E-state index in [1.54, 1.807) is 54.6 Å². The lowest BCUT2D eigenvalue weighted by Gasteiger charge is -2.27. The van der Waals surface area contributed by atoms with Crippen molar-refractivity contribution >= 4 is 0 Å². The van der Waals surface area contributed by atoms with Crippen molar-refractivity contribution in [1.29, 1.82) is 0 Å². The van der Waals surface area contributed by atoms with E-state index in [4.69, 9.17) is 0 Å². The molecule has 0 fully saturated rings. The van der Waals surface area contributed by atoms with Gasteiger partial charge in [0.15, 0.2) is 0 Å². The first-order chi connectivity index (χ1) is 16.3. The SMILES string of the molecule is Oc1ccc(CC2c3cc(O)cc(O)c3[C@@H](c3ccc(O)cc3)C2c2cc(O)cc(O)c2)cc1. The van der Waals surface area contributed by atoms with E-state index < -0.39 is 0 Å². The lowest BCUT2D eigenvalue weighted by Crippen LogP contribution is -2.14. The van der Waals surface area contributed by atoms with Crippen molar-refractivity contribution in [2.24, 2.45) is 0 Å². The first-order valence-electron chi connectivity index (χ1n) is 11.0. The van der Waals surface area contributed by atoms with Crippen LogP contribution < -0.4 is 0 Å². The average molecular weight is 456 g/mol. The number of hydrogen-bond acceptors (Lipinski definition) is 6. The molecule has 0 aliphatic heterocycles. The molecular weight excluding hydrogens is 432 g/mol. The number of aromatic hydroxyl groups is 6. The summed E-state index contributed by atoms with van der Waals surface area (Å²) in [6.07, 6.45) is 0.520. The Kier molecular flexibility index (Phi) is 5.21. The molecule has 0 aromatic heterocycles. The van der Waals surface area contributed by atoms with Crippen LogP contribution in [0.4, 0.5) is 0 Å². The van der Waals surface area contributed by atoms with Gasteiger partial charge in [-0.1, -0.05) is 24.3 Å². The summed E-state index contributed by atoms with van der Waals surface area (Å²) in [6.45, 7) is 0. The molecule has 2 unspecified atom stereocenters. The van der Waals surface area contributed by atoms with E-state index in [1.807, 2.05) is 12.1 Å². The number of phenolic OH excluding ortho intramolecular Hbond substituents is 6. The predicted molar refractivity (Wildman–Crippen MR) is 127 cm³/mol. The number of fused-ring (bicyclic) bond motifs is 1. The Morgan fingerprint density at radius 1 is 0.529 bits per heavy atom. The molecule has 4 aromatic carbocycles. The van der Waals surface area contributed by atoms with E-state index in [1.165, 1.54) is 12.1 Å². The highest BCUT2D eigenvalue weighted by Crippen LogP contribution is 2.59. The highest BCUT2D eigenvalue weighted by molar-refractivity contribution is 5.60.